The molecule has 196 valence electrons. The van der Waals surface area contributed by atoms with Crippen molar-refractivity contribution in [2.75, 3.05) is 25.6 Å². The second-order valence-corrected chi connectivity index (χ2v) is 9.45. The molecule has 4 N–H and O–H groups in total. The Hall–Kier alpha value is -1.58. The molecule has 1 aliphatic heterocycles. The van der Waals surface area contributed by atoms with Gasteiger partial charge in [0.25, 0.3) is 0 Å². The number of aryl methyl sites for hydroxylation is 2. The summed E-state index contributed by atoms with van der Waals surface area (Å²) in [6.07, 6.45) is 2.03. The number of halogens is 3. The molecule has 1 aromatic heterocycles. The zero-order valence-corrected chi connectivity index (χ0v) is 23.8. The summed E-state index contributed by atoms with van der Waals surface area (Å²) in [5.74, 6) is 0.909. The number of para-hydroxylation sites is 1. The first-order valence-corrected chi connectivity index (χ1v) is 11.7. The lowest BCUT2D eigenvalue weighted by Crippen LogP contribution is -2.68. The first-order chi connectivity index (χ1) is 15.0. The van der Waals surface area contributed by atoms with Crippen molar-refractivity contribution in [2.45, 2.75) is 44.9 Å². The number of likely N-dealkylation sites (tertiary alicyclic amines) is 1. The summed E-state index contributed by atoms with van der Waals surface area (Å²) < 4.78 is 5.67. The molecule has 0 spiro atoms. The Labute approximate surface area is 231 Å². The summed E-state index contributed by atoms with van der Waals surface area (Å²) in [7, 11) is 3.88. The molecule has 2 aromatic carbocycles. The zero-order chi connectivity index (χ0) is 22.0. The molecule has 1 fully saturated rings. The van der Waals surface area contributed by atoms with E-state index in [4.69, 9.17) is 15.5 Å². The summed E-state index contributed by atoms with van der Waals surface area (Å²) in [4.78, 5) is 11.0. The highest BCUT2D eigenvalue weighted by Gasteiger charge is 2.50. The largest absolute Gasteiger partial charge is 0.496 e. The van der Waals surface area contributed by atoms with Gasteiger partial charge in [-0.15, -0.1) is 48.6 Å². The number of hydrogen-bond donors (Lipinski definition) is 1. The Bertz CT molecular complexity index is 1020. The van der Waals surface area contributed by atoms with Crippen LogP contribution in [0, 0.1) is 13.8 Å². The number of likely N-dealkylation sites (N-methyl/N-ethyl adjacent to an activating group) is 1. The number of hydrogen-bond acceptors (Lipinski definition) is 6. The first kappa shape index (κ1) is 33.4. The number of anilines is 1. The van der Waals surface area contributed by atoms with E-state index in [0.717, 1.165) is 42.5 Å². The van der Waals surface area contributed by atoms with Gasteiger partial charge in [-0.1, -0.05) is 48.5 Å². The average molecular weight is 564 g/mol. The molecule has 0 radical (unpaired) electrons. The third kappa shape index (κ3) is 6.23. The van der Waals surface area contributed by atoms with Crippen LogP contribution in [0.3, 0.4) is 0 Å². The minimum absolute atomic E-state index is 0. The maximum Gasteiger partial charge on any atom is 0.187 e. The summed E-state index contributed by atoms with van der Waals surface area (Å²) in [5.41, 5.74) is 9.95. The van der Waals surface area contributed by atoms with Gasteiger partial charge in [0.15, 0.2) is 5.13 Å². The second-order valence-electron chi connectivity index (χ2n) is 8.27. The summed E-state index contributed by atoms with van der Waals surface area (Å²) >= 11 is 1.74. The number of methoxy groups -OCH3 is 1. The Morgan fingerprint density at radius 2 is 1.71 bits per heavy atom. The Morgan fingerprint density at radius 3 is 2.31 bits per heavy atom. The van der Waals surface area contributed by atoms with E-state index in [-0.39, 0.29) is 48.7 Å². The van der Waals surface area contributed by atoms with Crippen molar-refractivity contribution in [3.8, 4) is 5.75 Å². The molecule has 10 heteroatoms. The molecule has 0 bridgehead atoms. The average Bonchev–Trinajstić information content (AvgIpc) is 3.13. The van der Waals surface area contributed by atoms with Crippen LogP contribution in [-0.2, 0) is 12.2 Å². The van der Waals surface area contributed by atoms with Gasteiger partial charge in [0.05, 0.1) is 12.8 Å². The molecule has 2 heterocycles. The van der Waals surface area contributed by atoms with E-state index in [0.29, 0.717) is 0 Å². The highest BCUT2D eigenvalue weighted by Crippen LogP contribution is 2.44. The number of thiazole rings is 1. The number of benzene rings is 2. The van der Waals surface area contributed by atoms with Gasteiger partial charge in [0, 0.05) is 36.6 Å². The molecule has 1 aliphatic rings. The molecular weight excluding hydrogens is 527 g/mol. The zero-order valence-electron chi connectivity index (χ0n) is 20.6. The van der Waals surface area contributed by atoms with Crippen molar-refractivity contribution in [1.29, 1.82) is 0 Å². The van der Waals surface area contributed by atoms with Crippen LogP contribution >= 0.6 is 48.6 Å². The lowest BCUT2D eigenvalue weighted by atomic mass is 9.82. The second kappa shape index (κ2) is 14.2. The molecule has 0 unspecified atom stereocenters. The topological polar surface area (TPSA) is 86.1 Å². The number of nitrogens with zero attached hydrogens (tertiary/aromatic N) is 3. The number of rotatable bonds is 6. The third-order valence-corrected chi connectivity index (χ3v) is 7.66. The van der Waals surface area contributed by atoms with Gasteiger partial charge in [0.2, 0.25) is 0 Å². The summed E-state index contributed by atoms with van der Waals surface area (Å²) in [6.45, 7) is 5.91. The highest BCUT2D eigenvalue weighted by atomic mass is 35.5. The van der Waals surface area contributed by atoms with Gasteiger partial charge >= 0.3 is 0 Å². The van der Waals surface area contributed by atoms with Crippen molar-refractivity contribution in [1.82, 2.24) is 9.88 Å². The van der Waals surface area contributed by atoms with Gasteiger partial charge in [0.1, 0.15) is 11.4 Å². The molecule has 2 atom stereocenters. The Morgan fingerprint density at radius 1 is 1.09 bits per heavy atom. The van der Waals surface area contributed by atoms with E-state index >= 15 is 0 Å². The smallest absolute Gasteiger partial charge is 0.187 e. The number of ether oxygens (including phenoxy) is 1. The fraction of sp³-hybridized carbons (Fsp3) is 0.400. The quantitative estimate of drug-likeness (QED) is 0.450. The van der Waals surface area contributed by atoms with Crippen LogP contribution in [0.2, 0.25) is 0 Å². The van der Waals surface area contributed by atoms with Gasteiger partial charge in [-0.05, 0) is 38.3 Å². The van der Waals surface area contributed by atoms with Crippen LogP contribution in [0.4, 0.5) is 5.13 Å². The fourth-order valence-electron chi connectivity index (χ4n) is 4.83. The SMILES string of the molecule is COc1ccccc1CN1CCC[C@H](N)[C@]1(c1ccccc1)N(C)c1nc(C)c(C)s1.Cl.Cl.Cl.O. The van der Waals surface area contributed by atoms with E-state index in [1.54, 1.807) is 18.4 Å². The van der Waals surface area contributed by atoms with Crippen LogP contribution in [0.1, 0.15) is 34.5 Å². The Balaban J connectivity index is 0.00000289. The molecule has 0 amide bonds. The van der Waals surface area contributed by atoms with Crippen LogP contribution < -0.4 is 15.4 Å². The van der Waals surface area contributed by atoms with E-state index in [1.165, 1.54) is 16.0 Å². The van der Waals surface area contributed by atoms with E-state index in [2.05, 4.69) is 73.2 Å². The molecule has 6 nitrogen and oxygen atoms in total. The maximum absolute atomic E-state index is 7.01. The van der Waals surface area contributed by atoms with Crippen LogP contribution in [0.5, 0.6) is 5.75 Å². The highest BCUT2D eigenvalue weighted by molar-refractivity contribution is 7.15. The minimum atomic E-state index is -0.503. The van der Waals surface area contributed by atoms with Crippen LogP contribution in [0.25, 0.3) is 0 Å². The van der Waals surface area contributed by atoms with Gasteiger partial charge in [-0.25, -0.2) is 4.98 Å². The van der Waals surface area contributed by atoms with Crippen molar-refractivity contribution >= 4 is 53.7 Å². The summed E-state index contributed by atoms with van der Waals surface area (Å²) in [5, 5.41) is 1.00. The van der Waals surface area contributed by atoms with Gasteiger partial charge in [-0.2, -0.15) is 0 Å². The molecule has 0 aliphatic carbocycles. The standard InChI is InChI=1S/C25H32N4OS.3ClH.H2O/c1-18-19(2)31-24(27-18)28(3)25(21-12-6-5-7-13-21)23(26)15-10-16-29(25)17-20-11-8-9-14-22(20)30-4;;;;/h5-9,11-14,23H,10,15-17,26H2,1-4H3;3*1H;1H2/t23-,25+;;;;/m0..../s1. The van der Waals surface area contributed by atoms with Crippen LogP contribution in [-0.4, -0.2) is 42.1 Å². The number of nitrogens with two attached hydrogens (primary N) is 1. The normalized spacial score (nSPS) is 19.3. The van der Waals surface area contributed by atoms with E-state index in [9.17, 15) is 0 Å². The molecule has 3 aromatic rings. The first-order valence-electron chi connectivity index (χ1n) is 10.8. The summed E-state index contributed by atoms with van der Waals surface area (Å²) in [6, 6.07) is 18.9. The molecule has 0 saturated carbocycles. The number of piperidine rings is 1. The van der Waals surface area contributed by atoms with Gasteiger partial charge in [-0.3, -0.25) is 4.90 Å². The molecule has 4 rings (SSSR count). The van der Waals surface area contributed by atoms with Crippen molar-refractivity contribution in [3.05, 3.63) is 76.3 Å². The minimum Gasteiger partial charge on any atom is -0.496 e. The fourth-order valence-corrected chi connectivity index (χ4v) is 5.75. The van der Waals surface area contributed by atoms with E-state index < -0.39 is 5.66 Å². The van der Waals surface area contributed by atoms with Crippen molar-refractivity contribution in [2.24, 2.45) is 5.73 Å². The lowest BCUT2D eigenvalue weighted by Gasteiger charge is -2.55. The maximum atomic E-state index is 7.01. The predicted molar refractivity (Wildman–Crippen MR) is 154 cm³/mol. The van der Waals surface area contributed by atoms with Gasteiger partial charge < -0.3 is 20.8 Å². The molecule has 35 heavy (non-hydrogen) atoms. The predicted octanol–water partition coefficient (Wildman–Crippen LogP) is 5.12. The Kier molecular flexibility index (Phi) is 13.6. The monoisotopic (exact) mass is 562 g/mol. The lowest BCUT2D eigenvalue weighted by molar-refractivity contribution is 0.0168. The number of aromatic nitrogens is 1. The van der Waals surface area contributed by atoms with E-state index in [1.807, 2.05) is 12.1 Å². The molecule has 1 saturated heterocycles. The van der Waals surface area contributed by atoms with Crippen LogP contribution in [0.15, 0.2) is 54.6 Å². The van der Waals surface area contributed by atoms with Crippen molar-refractivity contribution < 1.29 is 10.2 Å². The third-order valence-electron chi connectivity index (χ3n) is 6.51. The molecular formula is C25H37Cl3N4O2S. The van der Waals surface area contributed by atoms with Crippen molar-refractivity contribution in [3.63, 3.8) is 0 Å².